The summed E-state index contributed by atoms with van der Waals surface area (Å²) in [6.45, 7) is 2.11. The van der Waals surface area contributed by atoms with Crippen molar-refractivity contribution in [2.75, 3.05) is 26.2 Å². The van der Waals surface area contributed by atoms with E-state index in [1.54, 1.807) is 0 Å². The number of carbonyl (C=O) groups is 1. The summed E-state index contributed by atoms with van der Waals surface area (Å²) in [5.74, 6) is -0.271. The Morgan fingerprint density at radius 1 is 1.50 bits per heavy atom. The number of nitrogens with one attached hydrogen (secondary N) is 1. The summed E-state index contributed by atoms with van der Waals surface area (Å²) < 4.78 is 35.8. The molecule has 4 nitrogen and oxygen atoms in total. The average molecular weight is 267 g/mol. The van der Waals surface area contributed by atoms with Gasteiger partial charge in [-0.15, -0.1) is 0 Å². The summed E-state index contributed by atoms with van der Waals surface area (Å²) in [6, 6.07) is 0.129. The summed E-state index contributed by atoms with van der Waals surface area (Å²) >= 11 is 0. The predicted molar refractivity (Wildman–Crippen MR) is 61.9 cm³/mol. The molecule has 7 heteroatoms. The third kappa shape index (κ3) is 5.22. The molecule has 1 fully saturated rings. The average Bonchev–Trinajstić information content (AvgIpc) is 2.28. The van der Waals surface area contributed by atoms with Crippen LogP contribution >= 0.6 is 0 Å². The molecule has 0 spiro atoms. The number of halogens is 3. The van der Waals surface area contributed by atoms with Crippen LogP contribution in [0, 0.1) is 5.92 Å². The van der Waals surface area contributed by atoms with E-state index in [2.05, 4.69) is 0 Å². The normalized spacial score (nSPS) is 26.1. The van der Waals surface area contributed by atoms with E-state index in [1.807, 2.05) is 17.1 Å². The van der Waals surface area contributed by atoms with E-state index < -0.39 is 18.6 Å². The van der Waals surface area contributed by atoms with Gasteiger partial charge in [0.15, 0.2) is 0 Å². The predicted octanol–water partition coefficient (Wildman–Crippen LogP) is 0.724. The summed E-state index contributed by atoms with van der Waals surface area (Å²) in [7, 11) is 0. The Bertz CT molecular complexity index is 283. The van der Waals surface area contributed by atoms with Crippen molar-refractivity contribution < 1.29 is 18.0 Å². The van der Waals surface area contributed by atoms with Gasteiger partial charge in [-0.3, -0.25) is 9.69 Å². The maximum absolute atomic E-state index is 11.9. The van der Waals surface area contributed by atoms with Crippen LogP contribution in [0.4, 0.5) is 13.2 Å². The molecule has 1 aliphatic rings. The second kappa shape index (κ2) is 6.38. The maximum atomic E-state index is 11.9. The Morgan fingerprint density at radius 3 is 2.72 bits per heavy atom. The first-order valence-electron chi connectivity index (χ1n) is 6.13. The van der Waals surface area contributed by atoms with Crippen molar-refractivity contribution in [2.24, 2.45) is 11.7 Å². The van der Waals surface area contributed by atoms with E-state index in [0.29, 0.717) is 19.0 Å². The fourth-order valence-corrected chi connectivity index (χ4v) is 2.16. The van der Waals surface area contributed by atoms with Crippen LogP contribution in [0.2, 0.25) is 0 Å². The molecule has 0 aromatic heterocycles. The van der Waals surface area contributed by atoms with Gasteiger partial charge >= 0.3 is 6.18 Å². The quantitative estimate of drug-likeness (QED) is 0.789. The first-order valence-corrected chi connectivity index (χ1v) is 6.13. The minimum atomic E-state index is -4.36. The van der Waals surface area contributed by atoms with Crippen LogP contribution in [0.1, 0.15) is 19.8 Å². The Hall–Kier alpha value is -0.820. The molecule has 1 heterocycles. The van der Waals surface area contributed by atoms with Crippen molar-refractivity contribution in [1.29, 1.82) is 0 Å². The van der Waals surface area contributed by atoms with E-state index >= 15 is 0 Å². The summed E-state index contributed by atoms with van der Waals surface area (Å²) in [6.07, 6.45) is -2.65. The van der Waals surface area contributed by atoms with E-state index in [9.17, 15) is 18.0 Å². The van der Waals surface area contributed by atoms with Crippen molar-refractivity contribution in [1.82, 2.24) is 10.2 Å². The van der Waals surface area contributed by atoms with E-state index in [0.717, 1.165) is 12.8 Å². The second-order valence-corrected chi connectivity index (χ2v) is 4.75. The van der Waals surface area contributed by atoms with E-state index in [-0.39, 0.29) is 12.6 Å². The second-order valence-electron chi connectivity index (χ2n) is 4.75. The van der Waals surface area contributed by atoms with Crippen molar-refractivity contribution in [3.05, 3.63) is 0 Å². The lowest BCUT2D eigenvalue weighted by Gasteiger charge is -2.36. The van der Waals surface area contributed by atoms with Crippen molar-refractivity contribution >= 4 is 5.91 Å². The van der Waals surface area contributed by atoms with Gasteiger partial charge in [-0.25, -0.2) is 0 Å². The topological polar surface area (TPSA) is 58.4 Å². The van der Waals surface area contributed by atoms with Crippen LogP contribution in [-0.2, 0) is 4.79 Å². The molecular weight excluding hydrogens is 247 g/mol. The number of likely N-dealkylation sites (tertiary alicyclic amines) is 1. The molecule has 106 valence electrons. The number of rotatable bonds is 4. The largest absolute Gasteiger partial charge is 0.405 e. The van der Waals surface area contributed by atoms with Crippen LogP contribution < -0.4 is 11.1 Å². The van der Waals surface area contributed by atoms with E-state index in [4.69, 9.17) is 5.73 Å². The van der Waals surface area contributed by atoms with Gasteiger partial charge in [0.1, 0.15) is 6.54 Å². The van der Waals surface area contributed by atoms with Gasteiger partial charge in [0.25, 0.3) is 0 Å². The Balaban J connectivity index is 2.32. The van der Waals surface area contributed by atoms with E-state index in [1.165, 1.54) is 0 Å². The monoisotopic (exact) mass is 267 g/mol. The van der Waals surface area contributed by atoms with Crippen LogP contribution in [0.5, 0.6) is 0 Å². The van der Waals surface area contributed by atoms with Crippen molar-refractivity contribution in [3.63, 3.8) is 0 Å². The number of nitrogens with two attached hydrogens (primary N) is 1. The number of hydrogen-bond donors (Lipinski definition) is 2. The highest BCUT2D eigenvalue weighted by molar-refractivity contribution is 5.78. The molecule has 0 radical (unpaired) electrons. The van der Waals surface area contributed by atoms with Crippen LogP contribution in [0.15, 0.2) is 0 Å². The van der Waals surface area contributed by atoms with Gasteiger partial charge in [-0.2, -0.15) is 13.2 Å². The summed E-state index contributed by atoms with van der Waals surface area (Å²) in [4.78, 5) is 13.2. The lowest BCUT2D eigenvalue weighted by molar-refractivity contribution is -0.139. The van der Waals surface area contributed by atoms with Gasteiger partial charge in [0.05, 0.1) is 6.54 Å². The number of carbonyl (C=O) groups excluding carboxylic acids is 1. The van der Waals surface area contributed by atoms with Gasteiger partial charge < -0.3 is 11.1 Å². The molecule has 1 saturated heterocycles. The number of piperidine rings is 1. The molecule has 1 amide bonds. The third-order valence-electron chi connectivity index (χ3n) is 3.25. The van der Waals surface area contributed by atoms with Crippen LogP contribution in [0.25, 0.3) is 0 Å². The lowest BCUT2D eigenvalue weighted by Crippen LogP contribution is -2.50. The van der Waals surface area contributed by atoms with Crippen molar-refractivity contribution in [3.8, 4) is 0 Å². The molecule has 0 aromatic rings. The first kappa shape index (κ1) is 15.2. The molecule has 18 heavy (non-hydrogen) atoms. The highest BCUT2D eigenvalue weighted by Gasteiger charge is 2.29. The molecule has 0 aromatic carbocycles. The van der Waals surface area contributed by atoms with Gasteiger partial charge in [-0.1, -0.05) is 13.3 Å². The van der Waals surface area contributed by atoms with Gasteiger partial charge in [0, 0.05) is 19.1 Å². The van der Waals surface area contributed by atoms with Crippen molar-refractivity contribution in [2.45, 2.75) is 32.0 Å². The number of hydrogen-bond acceptors (Lipinski definition) is 3. The first-order chi connectivity index (χ1) is 8.31. The number of nitrogens with zero attached hydrogens (tertiary/aromatic N) is 1. The number of alkyl halides is 3. The molecule has 0 aliphatic carbocycles. The fraction of sp³-hybridized carbons (Fsp3) is 0.909. The van der Waals surface area contributed by atoms with Gasteiger partial charge in [0.2, 0.25) is 5.91 Å². The highest BCUT2D eigenvalue weighted by atomic mass is 19.4. The minimum absolute atomic E-state index is 0.0132. The zero-order valence-electron chi connectivity index (χ0n) is 10.5. The van der Waals surface area contributed by atoms with Gasteiger partial charge in [-0.05, 0) is 12.3 Å². The molecule has 0 saturated carbocycles. The summed E-state index contributed by atoms with van der Waals surface area (Å²) in [5.41, 5.74) is 5.92. The smallest absolute Gasteiger partial charge is 0.346 e. The molecule has 2 atom stereocenters. The third-order valence-corrected chi connectivity index (χ3v) is 3.25. The Kier molecular flexibility index (Phi) is 5.40. The van der Waals surface area contributed by atoms with Crippen LogP contribution in [-0.4, -0.2) is 49.2 Å². The zero-order chi connectivity index (χ0) is 13.8. The molecule has 3 N–H and O–H groups in total. The number of amides is 1. The molecule has 2 unspecified atom stereocenters. The van der Waals surface area contributed by atoms with Crippen LogP contribution in [0.3, 0.4) is 0 Å². The molecular formula is C11H20F3N3O. The molecule has 1 aliphatic heterocycles. The summed E-state index contributed by atoms with van der Waals surface area (Å²) in [5, 5.41) is 1.88. The zero-order valence-corrected chi connectivity index (χ0v) is 10.5. The molecule has 0 bridgehead atoms. The maximum Gasteiger partial charge on any atom is 0.405 e. The minimum Gasteiger partial charge on any atom is -0.346 e. The highest BCUT2D eigenvalue weighted by Crippen LogP contribution is 2.18. The Labute approximate surface area is 105 Å². The standard InChI is InChI=1S/C11H20F3N3O/c1-2-8-5-17(4-3-9(8)15)6-10(18)16-7-11(12,13)14/h8-9H,2-7,15H2,1H3,(H,16,18). The molecule has 1 rings (SSSR count). The Morgan fingerprint density at radius 2 is 2.17 bits per heavy atom. The lowest BCUT2D eigenvalue weighted by atomic mass is 9.91. The SMILES string of the molecule is CCC1CN(CC(=O)NCC(F)(F)F)CCC1N. The fourth-order valence-electron chi connectivity index (χ4n) is 2.16.